The first kappa shape index (κ1) is 14.0. The summed E-state index contributed by atoms with van der Waals surface area (Å²) in [6.07, 6.45) is 0. The summed E-state index contributed by atoms with van der Waals surface area (Å²) in [5.74, 6) is 0. The van der Waals surface area contributed by atoms with Crippen LogP contribution in [-0.2, 0) is 6.54 Å². The molecule has 0 spiro atoms. The molecule has 0 fully saturated rings. The zero-order valence-corrected chi connectivity index (χ0v) is 12.5. The zero-order chi connectivity index (χ0) is 14.0. The average molecular weight is 274 g/mol. The van der Waals surface area contributed by atoms with E-state index in [1.54, 1.807) is 0 Å². The summed E-state index contributed by atoms with van der Waals surface area (Å²) in [5.41, 5.74) is 10.9. The third kappa shape index (κ3) is 3.11. The summed E-state index contributed by atoms with van der Waals surface area (Å²) < 4.78 is 0. The monoisotopic (exact) mass is 274 g/mol. The number of rotatable bonds is 3. The predicted octanol–water partition coefficient (Wildman–Crippen LogP) is 2.72. The molecule has 0 bridgehead atoms. The third-order valence-corrected chi connectivity index (χ3v) is 4.01. The Labute approximate surface area is 117 Å². The van der Waals surface area contributed by atoms with E-state index in [2.05, 4.69) is 15.0 Å². The van der Waals surface area contributed by atoms with Gasteiger partial charge in [0.25, 0.3) is 0 Å². The quantitative estimate of drug-likeness (QED) is 0.872. The average Bonchev–Trinajstić information content (AvgIpc) is 2.36. The van der Waals surface area contributed by atoms with E-state index in [1.807, 2.05) is 39.8 Å². The highest BCUT2D eigenvalue weighted by atomic mass is 32.2. The second-order valence-electron chi connectivity index (χ2n) is 4.53. The Kier molecular flexibility index (Phi) is 4.17. The van der Waals surface area contributed by atoms with Gasteiger partial charge in [0.15, 0.2) is 5.16 Å². The van der Waals surface area contributed by atoms with Crippen LogP contribution in [0.2, 0.25) is 0 Å². The normalized spacial score (nSPS) is 10.8. The number of hydrogen-bond donors (Lipinski definition) is 1. The van der Waals surface area contributed by atoms with Crippen molar-refractivity contribution in [3.8, 4) is 0 Å². The zero-order valence-electron chi connectivity index (χ0n) is 11.7. The Bertz CT molecular complexity index is 587. The SMILES string of the molecule is Cc1ccc(CN)c(Sc2nc(C)c(C)c(C)n2)n1. The Morgan fingerprint density at radius 3 is 2.21 bits per heavy atom. The Hall–Kier alpha value is -1.46. The van der Waals surface area contributed by atoms with Crippen LogP contribution in [0.25, 0.3) is 0 Å². The number of aromatic nitrogens is 3. The van der Waals surface area contributed by atoms with Gasteiger partial charge >= 0.3 is 0 Å². The molecule has 0 amide bonds. The highest BCUT2D eigenvalue weighted by Crippen LogP contribution is 2.27. The maximum Gasteiger partial charge on any atom is 0.194 e. The van der Waals surface area contributed by atoms with Gasteiger partial charge < -0.3 is 5.73 Å². The molecule has 5 heteroatoms. The molecule has 4 nitrogen and oxygen atoms in total. The highest BCUT2D eigenvalue weighted by molar-refractivity contribution is 7.99. The van der Waals surface area contributed by atoms with Gasteiger partial charge in [-0.2, -0.15) is 0 Å². The molecule has 0 atom stereocenters. The lowest BCUT2D eigenvalue weighted by atomic mass is 10.2. The predicted molar refractivity (Wildman–Crippen MR) is 77.2 cm³/mol. The van der Waals surface area contributed by atoms with Crippen molar-refractivity contribution >= 4 is 11.8 Å². The molecule has 0 unspecified atom stereocenters. The first-order valence-corrected chi connectivity index (χ1v) is 6.99. The molecule has 0 aliphatic carbocycles. The maximum atomic E-state index is 5.74. The molecule has 19 heavy (non-hydrogen) atoms. The topological polar surface area (TPSA) is 64.7 Å². The van der Waals surface area contributed by atoms with E-state index in [4.69, 9.17) is 5.73 Å². The molecule has 0 saturated heterocycles. The van der Waals surface area contributed by atoms with E-state index in [9.17, 15) is 0 Å². The van der Waals surface area contributed by atoms with Gasteiger partial charge in [0.2, 0.25) is 0 Å². The summed E-state index contributed by atoms with van der Waals surface area (Å²) in [5, 5.41) is 1.62. The van der Waals surface area contributed by atoms with Crippen molar-refractivity contribution < 1.29 is 0 Å². The molecule has 0 radical (unpaired) electrons. The number of nitrogens with zero attached hydrogens (tertiary/aromatic N) is 3. The fourth-order valence-corrected chi connectivity index (χ4v) is 2.69. The molecule has 2 heterocycles. The standard InChI is InChI=1S/C14H18N4S/c1-8-5-6-12(7-15)13(16-8)19-14-17-10(3)9(2)11(4)18-14/h5-6H,7,15H2,1-4H3. The van der Waals surface area contributed by atoms with Crippen LogP contribution in [0.1, 0.15) is 28.2 Å². The van der Waals surface area contributed by atoms with E-state index in [0.717, 1.165) is 38.4 Å². The van der Waals surface area contributed by atoms with E-state index >= 15 is 0 Å². The van der Waals surface area contributed by atoms with Gasteiger partial charge in [-0.25, -0.2) is 15.0 Å². The van der Waals surface area contributed by atoms with Crippen LogP contribution >= 0.6 is 11.8 Å². The summed E-state index contributed by atoms with van der Waals surface area (Å²) in [6, 6.07) is 3.98. The van der Waals surface area contributed by atoms with Crippen LogP contribution in [0.5, 0.6) is 0 Å². The van der Waals surface area contributed by atoms with Crippen molar-refractivity contribution in [2.75, 3.05) is 0 Å². The van der Waals surface area contributed by atoms with Crippen LogP contribution in [-0.4, -0.2) is 15.0 Å². The Balaban J connectivity index is 2.38. The lowest BCUT2D eigenvalue weighted by molar-refractivity contribution is 0.871. The molecule has 2 rings (SSSR count). The van der Waals surface area contributed by atoms with Gasteiger partial charge in [-0.3, -0.25) is 0 Å². The van der Waals surface area contributed by atoms with Crippen LogP contribution in [0.4, 0.5) is 0 Å². The number of aryl methyl sites for hydroxylation is 3. The summed E-state index contributed by atoms with van der Waals surface area (Å²) >= 11 is 1.48. The first-order chi connectivity index (χ1) is 9.01. The van der Waals surface area contributed by atoms with Gasteiger partial charge in [-0.1, -0.05) is 6.07 Å². The van der Waals surface area contributed by atoms with Crippen molar-refractivity contribution in [2.24, 2.45) is 5.73 Å². The van der Waals surface area contributed by atoms with Gasteiger partial charge in [-0.15, -0.1) is 0 Å². The second kappa shape index (κ2) is 5.67. The van der Waals surface area contributed by atoms with Gasteiger partial charge in [0, 0.05) is 23.6 Å². The van der Waals surface area contributed by atoms with Crippen molar-refractivity contribution in [2.45, 2.75) is 44.4 Å². The molecule has 0 aliphatic heterocycles. The molecule has 2 N–H and O–H groups in total. The molecule has 0 aliphatic rings. The fraction of sp³-hybridized carbons (Fsp3) is 0.357. The molecule has 2 aromatic heterocycles. The van der Waals surface area contributed by atoms with Gasteiger partial charge in [0.1, 0.15) is 5.03 Å². The lowest BCUT2D eigenvalue weighted by Gasteiger charge is -2.09. The third-order valence-electron chi connectivity index (χ3n) is 3.10. The van der Waals surface area contributed by atoms with Crippen molar-refractivity contribution in [3.05, 3.63) is 40.3 Å². The largest absolute Gasteiger partial charge is 0.326 e. The van der Waals surface area contributed by atoms with Crippen molar-refractivity contribution in [1.82, 2.24) is 15.0 Å². The fourth-order valence-electron chi connectivity index (χ4n) is 1.68. The minimum Gasteiger partial charge on any atom is -0.326 e. The Morgan fingerprint density at radius 2 is 1.63 bits per heavy atom. The van der Waals surface area contributed by atoms with E-state index in [-0.39, 0.29) is 0 Å². The van der Waals surface area contributed by atoms with Crippen molar-refractivity contribution in [1.29, 1.82) is 0 Å². The summed E-state index contributed by atoms with van der Waals surface area (Å²) in [7, 11) is 0. The smallest absolute Gasteiger partial charge is 0.194 e. The molecule has 0 saturated carbocycles. The van der Waals surface area contributed by atoms with E-state index in [1.165, 1.54) is 11.8 Å². The molecule has 2 aromatic rings. The molecular weight excluding hydrogens is 256 g/mol. The Morgan fingerprint density at radius 1 is 1.00 bits per heavy atom. The number of hydrogen-bond acceptors (Lipinski definition) is 5. The summed E-state index contributed by atoms with van der Waals surface area (Å²) in [6.45, 7) is 8.48. The molecule has 0 aromatic carbocycles. The molecule has 100 valence electrons. The van der Waals surface area contributed by atoms with E-state index < -0.39 is 0 Å². The number of nitrogens with two attached hydrogens (primary N) is 1. The van der Waals surface area contributed by atoms with Crippen LogP contribution < -0.4 is 5.73 Å². The lowest BCUT2D eigenvalue weighted by Crippen LogP contribution is -2.03. The van der Waals surface area contributed by atoms with Crippen molar-refractivity contribution in [3.63, 3.8) is 0 Å². The number of pyridine rings is 1. The van der Waals surface area contributed by atoms with Gasteiger partial charge in [-0.05, 0) is 56.7 Å². The van der Waals surface area contributed by atoms with Crippen LogP contribution in [0.15, 0.2) is 22.3 Å². The van der Waals surface area contributed by atoms with Crippen LogP contribution in [0.3, 0.4) is 0 Å². The minimum atomic E-state index is 0.472. The van der Waals surface area contributed by atoms with Crippen LogP contribution in [0, 0.1) is 27.7 Å². The minimum absolute atomic E-state index is 0.472. The maximum absolute atomic E-state index is 5.74. The van der Waals surface area contributed by atoms with E-state index in [0.29, 0.717) is 6.54 Å². The summed E-state index contributed by atoms with van der Waals surface area (Å²) in [4.78, 5) is 13.5. The molecular formula is C14H18N4S. The highest BCUT2D eigenvalue weighted by Gasteiger charge is 2.10. The van der Waals surface area contributed by atoms with Gasteiger partial charge in [0.05, 0.1) is 0 Å². The first-order valence-electron chi connectivity index (χ1n) is 6.17. The second-order valence-corrected chi connectivity index (χ2v) is 5.48.